The van der Waals surface area contributed by atoms with Crippen molar-refractivity contribution in [2.24, 2.45) is 0 Å². The van der Waals surface area contributed by atoms with Crippen LogP contribution in [0.25, 0.3) is 0 Å². The maximum Gasteiger partial charge on any atom is 0.225 e. The van der Waals surface area contributed by atoms with Crippen LogP contribution in [0, 0.1) is 6.92 Å². The number of hydrogen-bond acceptors (Lipinski definition) is 5. The molecule has 2 aromatic rings. The number of carbonyl (C=O) groups excluding carboxylic acids is 1. The van der Waals surface area contributed by atoms with Gasteiger partial charge in [0.1, 0.15) is 5.82 Å². The van der Waals surface area contributed by atoms with Crippen LogP contribution in [0.1, 0.15) is 55.2 Å². The van der Waals surface area contributed by atoms with Crippen molar-refractivity contribution in [2.45, 2.75) is 63.8 Å². The largest absolute Gasteiger partial charge is 0.373 e. The van der Waals surface area contributed by atoms with Gasteiger partial charge >= 0.3 is 0 Å². The van der Waals surface area contributed by atoms with Gasteiger partial charge in [-0.3, -0.25) is 14.7 Å². The highest BCUT2D eigenvalue weighted by atomic mass is 16.5. The van der Waals surface area contributed by atoms with E-state index in [0.717, 1.165) is 44.0 Å². The van der Waals surface area contributed by atoms with E-state index in [2.05, 4.69) is 32.4 Å². The molecule has 2 saturated heterocycles. The number of hydrogen-bond donors (Lipinski definition) is 0. The Morgan fingerprint density at radius 3 is 2.73 bits per heavy atom. The Labute approximate surface area is 178 Å². The molecule has 1 spiro atoms. The van der Waals surface area contributed by atoms with Crippen molar-refractivity contribution in [1.29, 1.82) is 0 Å². The molecule has 0 atom stereocenters. The number of aryl methyl sites for hydroxylation is 1. The number of pyridine rings is 1. The van der Waals surface area contributed by atoms with Crippen molar-refractivity contribution in [3.63, 3.8) is 0 Å². The molecule has 3 aliphatic rings. The number of nitrogens with zero attached hydrogens (tertiary/aromatic N) is 5. The molecule has 7 heteroatoms. The highest BCUT2D eigenvalue weighted by Crippen LogP contribution is 2.36. The van der Waals surface area contributed by atoms with Crippen LogP contribution in [0.4, 0.5) is 0 Å². The molecule has 1 saturated carbocycles. The quantitative estimate of drug-likeness (QED) is 0.760. The van der Waals surface area contributed by atoms with E-state index in [4.69, 9.17) is 4.74 Å². The third-order valence-electron chi connectivity index (χ3n) is 6.89. The van der Waals surface area contributed by atoms with Crippen molar-refractivity contribution >= 4 is 5.91 Å². The fourth-order valence-corrected chi connectivity index (χ4v) is 4.79. The molecule has 1 aliphatic carbocycles. The summed E-state index contributed by atoms with van der Waals surface area (Å²) in [4.78, 5) is 26.4. The summed E-state index contributed by atoms with van der Waals surface area (Å²) in [5.74, 6) is 1.21. The standard InChI is InChI=1S/C23H31N5O2/c1-18-19(3-2-8-24-18)16-26-10-6-23(7-11-26)15-22(29)27(13-14-30-23)17-21-25-9-12-28(21)20-4-5-20/h2-3,8-9,12,20H,4-7,10-11,13-17H2,1H3. The molecule has 3 fully saturated rings. The van der Waals surface area contributed by atoms with Crippen molar-refractivity contribution in [2.75, 3.05) is 26.2 Å². The monoisotopic (exact) mass is 409 g/mol. The molecule has 0 radical (unpaired) electrons. The van der Waals surface area contributed by atoms with E-state index in [1.54, 1.807) is 0 Å². The predicted molar refractivity (Wildman–Crippen MR) is 113 cm³/mol. The fourth-order valence-electron chi connectivity index (χ4n) is 4.79. The molecule has 0 unspecified atom stereocenters. The highest BCUT2D eigenvalue weighted by molar-refractivity contribution is 5.77. The first-order chi connectivity index (χ1) is 14.6. The highest BCUT2D eigenvalue weighted by Gasteiger charge is 2.41. The number of carbonyl (C=O) groups is 1. The van der Waals surface area contributed by atoms with E-state index in [1.807, 2.05) is 29.6 Å². The number of imidazole rings is 1. The molecule has 4 heterocycles. The summed E-state index contributed by atoms with van der Waals surface area (Å²) in [6.45, 7) is 6.74. The first-order valence-corrected chi connectivity index (χ1v) is 11.2. The SMILES string of the molecule is Cc1ncccc1CN1CCC2(CC1)CC(=O)N(Cc1nccn1C1CC1)CCO2. The van der Waals surface area contributed by atoms with Crippen LogP contribution in [-0.4, -0.2) is 62.1 Å². The Morgan fingerprint density at radius 1 is 1.13 bits per heavy atom. The zero-order chi connectivity index (χ0) is 20.6. The smallest absolute Gasteiger partial charge is 0.225 e. The third kappa shape index (κ3) is 4.14. The van der Waals surface area contributed by atoms with Crippen LogP contribution in [-0.2, 0) is 22.6 Å². The van der Waals surface area contributed by atoms with Gasteiger partial charge < -0.3 is 14.2 Å². The van der Waals surface area contributed by atoms with Crippen molar-refractivity contribution in [3.8, 4) is 0 Å². The molecule has 1 amide bonds. The summed E-state index contributed by atoms with van der Waals surface area (Å²) in [6, 6.07) is 4.74. The van der Waals surface area contributed by atoms with Crippen LogP contribution in [0.3, 0.4) is 0 Å². The van der Waals surface area contributed by atoms with Crippen molar-refractivity contribution < 1.29 is 9.53 Å². The molecule has 30 heavy (non-hydrogen) atoms. The minimum absolute atomic E-state index is 0.203. The van der Waals surface area contributed by atoms with E-state index in [9.17, 15) is 4.79 Å². The van der Waals surface area contributed by atoms with Gasteiger partial charge in [0, 0.05) is 56.5 Å². The van der Waals surface area contributed by atoms with E-state index in [-0.39, 0.29) is 11.5 Å². The fraction of sp³-hybridized carbons (Fsp3) is 0.609. The molecule has 2 aromatic heterocycles. The average Bonchev–Trinajstić information content (AvgIpc) is 3.51. The lowest BCUT2D eigenvalue weighted by Gasteiger charge is -2.40. The molecule has 7 nitrogen and oxygen atoms in total. The van der Waals surface area contributed by atoms with Gasteiger partial charge in [-0.1, -0.05) is 6.07 Å². The Hall–Kier alpha value is -2.25. The lowest BCUT2D eigenvalue weighted by atomic mass is 9.87. The summed E-state index contributed by atoms with van der Waals surface area (Å²) in [6.07, 6.45) is 10.5. The van der Waals surface area contributed by atoms with Gasteiger partial charge in [0.05, 0.1) is 25.2 Å². The van der Waals surface area contributed by atoms with Crippen LogP contribution >= 0.6 is 0 Å². The zero-order valence-electron chi connectivity index (χ0n) is 17.8. The second-order valence-electron chi connectivity index (χ2n) is 9.03. The normalized spacial score (nSPS) is 22.4. The van der Waals surface area contributed by atoms with E-state index >= 15 is 0 Å². The first-order valence-electron chi connectivity index (χ1n) is 11.2. The molecular weight excluding hydrogens is 378 g/mol. The summed E-state index contributed by atoms with van der Waals surface area (Å²) >= 11 is 0. The van der Waals surface area contributed by atoms with Crippen LogP contribution in [0.2, 0.25) is 0 Å². The molecule has 0 N–H and O–H groups in total. The second-order valence-corrected chi connectivity index (χ2v) is 9.03. The van der Waals surface area contributed by atoms with Crippen LogP contribution in [0.5, 0.6) is 0 Å². The van der Waals surface area contributed by atoms with Gasteiger partial charge in [0.2, 0.25) is 5.91 Å². The summed E-state index contributed by atoms with van der Waals surface area (Å²) in [5.41, 5.74) is 2.07. The van der Waals surface area contributed by atoms with Gasteiger partial charge in [0.15, 0.2) is 0 Å². The maximum atomic E-state index is 13.1. The lowest BCUT2D eigenvalue weighted by molar-refractivity contribution is -0.136. The summed E-state index contributed by atoms with van der Waals surface area (Å²) in [5, 5.41) is 0. The minimum atomic E-state index is -0.307. The minimum Gasteiger partial charge on any atom is -0.373 e. The van der Waals surface area contributed by atoms with Crippen LogP contribution in [0.15, 0.2) is 30.7 Å². The Kier molecular flexibility index (Phi) is 5.33. The number of rotatable bonds is 5. The molecule has 160 valence electrons. The van der Waals surface area contributed by atoms with Gasteiger partial charge in [-0.05, 0) is 44.2 Å². The lowest BCUT2D eigenvalue weighted by Crippen LogP contribution is -2.47. The summed E-state index contributed by atoms with van der Waals surface area (Å²) < 4.78 is 8.58. The van der Waals surface area contributed by atoms with Crippen LogP contribution < -0.4 is 0 Å². The number of likely N-dealkylation sites (tertiary alicyclic amines) is 1. The maximum absolute atomic E-state index is 13.1. The second kappa shape index (κ2) is 8.12. The van der Waals surface area contributed by atoms with Crippen molar-refractivity contribution in [3.05, 3.63) is 47.8 Å². The third-order valence-corrected chi connectivity index (χ3v) is 6.89. The average molecular weight is 410 g/mol. The Morgan fingerprint density at radius 2 is 1.97 bits per heavy atom. The number of aromatic nitrogens is 3. The van der Waals surface area contributed by atoms with Crippen molar-refractivity contribution in [1.82, 2.24) is 24.3 Å². The summed E-state index contributed by atoms with van der Waals surface area (Å²) in [7, 11) is 0. The number of amides is 1. The Balaban J connectivity index is 1.19. The number of ether oxygens (including phenoxy) is 1. The molecule has 0 bridgehead atoms. The molecule has 0 aromatic carbocycles. The van der Waals surface area contributed by atoms with Gasteiger partial charge in [-0.15, -0.1) is 0 Å². The molecule has 5 rings (SSSR count). The predicted octanol–water partition coefficient (Wildman–Crippen LogP) is 2.71. The van der Waals surface area contributed by atoms with E-state index in [1.165, 1.54) is 18.4 Å². The first kappa shape index (κ1) is 19.7. The zero-order valence-corrected chi connectivity index (χ0v) is 17.8. The Bertz CT molecular complexity index is 899. The van der Waals surface area contributed by atoms with Gasteiger partial charge in [-0.25, -0.2) is 4.98 Å². The van der Waals surface area contributed by atoms with E-state index in [0.29, 0.717) is 32.2 Å². The topological polar surface area (TPSA) is 63.5 Å². The van der Waals surface area contributed by atoms with E-state index < -0.39 is 0 Å². The van der Waals surface area contributed by atoms with Gasteiger partial charge in [0.25, 0.3) is 0 Å². The molecular formula is C23H31N5O2. The number of piperidine rings is 1. The molecule has 2 aliphatic heterocycles. The van der Waals surface area contributed by atoms with Gasteiger partial charge in [-0.2, -0.15) is 0 Å².